The summed E-state index contributed by atoms with van der Waals surface area (Å²) >= 11 is 1.51. The van der Waals surface area contributed by atoms with Gasteiger partial charge in [0.2, 0.25) is 5.91 Å². The molecule has 1 aromatic heterocycles. The summed E-state index contributed by atoms with van der Waals surface area (Å²) in [5.41, 5.74) is 4.23. The minimum Gasteiger partial charge on any atom is -0.390 e. The van der Waals surface area contributed by atoms with Gasteiger partial charge in [0.05, 0.1) is 12.1 Å². The lowest BCUT2D eigenvalue weighted by molar-refractivity contribution is -0.120. The average molecular weight is 543 g/mol. The number of hydrogen-bond acceptors (Lipinski definition) is 5. The number of Topliss-reactive ketones (excluding diaryl/α,β-unsaturated/α-hetero) is 1. The molecule has 5 nitrogen and oxygen atoms in total. The van der Waals surface area contributed by atoms with E-state index in [2.05, 4.69) is 43.5 Å². The van der Waals surface area contributed by atoms with E-state index < -0.39 is 23.8 Å². The average Bonchev–Trinajstić information content (AvgIpc) is 3.27. The van der Waals surface area contributed by atoms with E-state index >= 15 is 0 Å². The van der Waals surface area contributed by atoms with Crippen LogP contribution in [0.15, 0.2) is 47.8 Å². The quantitative estimate of drug-likeness (QED) is 0.272. The smallest absolute Gasteiger partial charge is 0.217 e. The fourth-order valence-electron chi connectivity index (χ4n) is 4.56. The molecule has 0 aliphatic rings. The number of halogens is 2. The highest BCUT2D eigenvalue weighted by molar-refractivity contribution is 7.14. The topological polar surface area (TPSA) is 78.4 Å². The number of nitrogens with one attached hydrogen (secondary N) is 2. The molecule has 0 aliphatic heterocycles. The molecule has 2 atom stereocenters. The van der Waals surface area contributed by atoms with Crippen LogP contribution in [0.5, 0.6) is 0 Å². The van der Waals surface area contributed by atoms with Gasteiger partial charge in [0.25, 0.3) is 0 Å². The summed E-state index contributed by atoms with van der Waals surface area (Å²) in [7, 11) is 0. The Kier molecular flexibility index (Phi) is 9.93. The van der Waals surface area contributed by atoms with Gasteiger partial charge < -0.3 is 15.7 Å². The second kappa shape index (κ2) is 12.7. The van der Waals surface area contributed by atoms with E-state index in [1.807, 2.05) is 17.5 Å². The van der Waals surface area contributed by atoms with Crippen molar-refractivity contribution < 1.29 is 23.5 Å². The van der Waals surface area contributed by atoms with E-state index in [1.165, 1.54) is 36.0 Å². The van der Waals surface area contributed by atoms with Crippen LogP contribution in [0.1, 0.15) is 61.7 Å². The highest BCUT2D eigenvalue weighted by Crippen LogP contribution is 2.34. The number of hydrogen-bond donors (Lipinski definition) is 3. The maximum absolute atomic E-state index is 13.7. The van der Waals surface area contributed by atoms with Gasteiger partial charge in [-0.05, 0) is 71.0 Å². The van der Waals surface area contributed by atoms with Crippen molar-refractivity contribution in [2.75, 3.05) is 6.54 Å². The van der Waals surface area contributed by atoms with E-state index in [0.29, 0.717) is 17.7 Å². The third kappa shape index (κ3) is 8.55. The molecule has 1 heterocycles. The van der Waals surface area contributed by atoms with Crippen LogP contribution in [0.25, 0.3) is 10.4 Å². The number of aliphatic hydroxyl groups excluding tert-OH is 1. The van der Waals surface area contributed by atoms with Crippen LogP contribution in [0, 0.1) is 17.0 Å². The van der Waals surface area contributed by atoms with E-state index in [1.54, 1.807) is 6.92 Å². The van der Waals surface area contributed by atoms with Crippen LogP contribution in [-0.2, 0) is 24.2 Å². The molecule has 0 radical (unpaired) electrons. The monoisotopic (exact) mass is 542 g/mol. The van der Waals surface area contributed by atoms with E-state index in [0.717, 1.165) is 28.5 Å². The lowest BCUT2D eigenvalue weighted by Crippen LogP contribution is -2.48. The third-order valence-electron chi connectivity index (χ3n) is 6.09. The van der Waals surface area contributed by atoms with Gasteiger partial charge in [-0.25, -0.2) is 8.78 Å². The van der Waals surface area contributed by atoms with Crippen molar-refractivity contribution in [3.63, 3.8) is 0 Å². The fourth-order valence-corrected chi connectivity index (χ4v) is 5.56. The van der Waals surface area contributed by atoms with Crippen LogP contribution in [0.4, 0.5) is 8.78 Å². The van der Waals surface area contributed by atoms with Crippen molar-refractivity contribution >= 4 is 23.0 Å². The summed E-state index contributed by atoms with van der Waals surface area (Å²) in [5, 5.41) is 18.8. The molecule has 0 aliphatic carbocycles. The van der Waals surface area contributed by atoms with Gasteiger partial charge in [-0.15, -0.1) is 11.3 Å². The van der Waals surface area contributed by atoms with Gasteiger partial charge in [-0.1, -0.05) is 39.0 Å². The number of amides is 1. The lowest BCUT2D eigenvalue weighted by Gasteiger charge is -2.25. The van der Waals surface area contributed by atoms with Gasteiger partial charge in [0, 0.05) is 36.5 Å². The van der Waals surface area contributed by atoms with Crippen LogP contribution < -0.4 is 10.6 Å². The van der Waals surface area contributed by atoms with Crippen molar-refractivity contribution in [1.29, 1.82) is 0 Å². The normalized spacial score (nSPS) is 13.3. The number of carbonyl (C=O) groups excluding carboxylic acids is 2. The molecule has 204 valence electrons. The second-order valence-corrected chi connectivity index (χ2v) is 11.9. The van der Waals surface area contributed by atoms with Crippen molar-refractivity contribution in [1.82, 2.24) is 10.6 Å². The van der Waals surface area contributed by atoms with Gasteiger partial charge in [0.15, 0.2) is 5.78 Å². The van der Waals surface area contributed by atoms with Gasteiger partial charge in [-0.2, -0.15) is 0 Å². The zero-order valence-corrected chi connectivity index (χ0v) is 23.3. The molecular formula is C30H36F2N2O3S. The zero-order valence-electron chi connectivity index (χ0n) is 22.5. The number of rotatable bonds is 11. The standard InChI is InChI=1S/C30H36F2N2O3S/c1-18(35)25-8-9-38-29(25)26-7-6-20(15-30(3,4)5)10-22(26)16-33-17-28(37)27(34-19(2)36)13-21-11-23(31)14-24(32)12-21/h6-12,14,27-28,33,37H,13,15-17H2,1-5H3,(H,34,36). The molecule has 3 rings (SSSR count). The Hall–Kier alpha value is -2.94. The van der Waals surface area contributed by atoms with Gasteiger partial charge in [-0.3, -0.25) is 9.59 Å². The minimum atomic E-state index is -1.01. The Bertz CT molecular complexity index is 1260. The number of ketones is 1. The Morgan fingerprint density at radius 3 is 2.29 bits per heavy atom. The Morgan fingerprint density at radius 1 is 1.00 bits per heavy atom. The molecule has 38 heavy (non-hydrogen) atoms. The number of thiophene rings is 1. The largest absolute Gasteiger partial charge is 0.390 e. The first-order valence-electron chi connectivity index (χ1n) is 12.6. The van der Waals surface area contributed by atoms with Crippen molar-refractivity contribution in [3.8, 4) is 10.4 Å². The highest BCUT2D eigenvalue weighted by Gasteiger charge is 2.22. The maximum atomic E-state index is 13.7. The first-order chi connectivity index (χ1) is 17.8. The Balaban J connectivity index is 1.80. The first kappa shape index (κ1) is 29.6. The van der Waals surface area contributed by atoms with Crippen LogP contribution in [0.3, 0.4) is 0 Å². The summed E-state index contributed by atoms with van der Waals surface area (Å²) in [6.07, 6.45) is -0.0663. The minimum absolute atomic E-state index is 0.00119. The molecule has 0 spiro atoms. The molecular weight excluding hydrogens is 506 g/mol. The number of carbonyl (C=O) groups is 2. The Labute approximate surface area is 227 Å². The van der Waals surface area contributed by atoms with Crippen molar-refractivity contribution in [2.45, 2.75) is 66.2 Å². The van der Waals surface area contributed by atoms with E-state index in [9.17, 15) is 23.5 Å². The summed E-state index contributed by atoms with van der Waals surface area (Å²) in [6, 6.07) is 10.5. The SMILES string of the molecule is CC(=O)NC(Cc1cc(F)cc(F)c1)C(O)CNCc1cc(CC(C)(C)C)ccc1-c1sccc1C(C)=O. The molecule has 0 bridgehead atoms. The van der Waals surface area contributed by atoms with Gasteiger partial charge >= 0.3 is 0 Å². The van der Waals surface area contributed by atoms with Crippen molar-refractivity contribution in [2.24, 2.45) is 5.41 Å². The highest BCUT2D eigenvalue weighted by atomic mass is 32.1. The predicted molar refractivity (Wildman–Crippen MR) is 148 cm³/mol. The maximum Gasteiger partial charge on any atom is 0.217 e. The predicted octanol–water partition coefficient (Wildman–Crippen LogP) is 5.68. The van der Waals surface area contributed by atoms with Crippen LogP contribution >= 0.6 is 11.3 Å². The zero-order chi connectivity index (χ0) is 28.0. The fraction of sp³-hybridized carbons (Fsp3) is 0.400. The van der Waals surface area contributed by atoms with Crippen LogP contribution in [0.2, 0.25) is 0 Å². The molecule has 2 aromatic carbocycles. The molecule has 3 N–H and O–H groups in total. The summed E-state index contributed by atoms with van der Waals surface area (Å²) < 4.78 is 27.4. The molecule has 0 fully saturated rings. The molecule has 2 unspecified atom stereocenters. The van der Waals surface area contributed by atoms with E-state index in [4.69, 9.17) is 0 Å². The summed E-state index contributed by atoms with van der Waals surface area (Å²) in [6.45, 7) is 9.97. The molecule has 3 aromatic rings. The summed E-state index contributed by atoms with van der Waals surface area (Å²) in [4.78, 5) is 24.9. The second-order valence-electron chi connectivity index (χ2n) is 10.9. The molecule has 0 saturated heterocycles. The first-order valence-corrected chi connectivity index (χ1v) is 13.5. The third-order valence-corrected chi connectivity index (χ3v) is 7.04. The van der Waals surface area contributed by atoms with Crippen LogP contribution in [-0.4, -0.2) is 35.5 Å². The number of aliphatic hydroxyl groups is 1. The lowest BCUT2D eigenvalue weighted by atomic mass is 9.86. The van der Waals surface area contributed by atoms with Gasteiger partial charge in [0.1, 0.15) is 11.6 Å². The van der Waals surface area contributed by atoms with E-state index in [-0.39, 0.29) is 30.1 Å². The molecule has 1 amide bonds. The number of benzene rings is 2. The van der Waals surface area contributed by atoms with Crippen molar-refractivity contribution in [3.05, 3.63) is 81.7 Å². The summed E-state index contributed by atoms with van der Waals surface area (Å²) in [5.74, 6) is -1.77. The molecule has 0 saturated carbocycles. The molecule has 8 heteroatoms. The Morgan fingerprint density at radius 2 is 1.68 bits per heavy atom.